The van der Waals surface area contributed by atoms with Gasteiger partial charge >= 0.3 is 0 Å². The molecule has 0 saturated carbocycles. The van der Waals surface area contributed by atoms with Crippen LogP contribution in [0.3, 0.4) is 0 Å². The van der Waals surface area contributed by atoms with Gasteiger partial charge in [0.25, 0.3) is 11.7 Å². The highest BCUT2D eigenvalue weighted by Gasteiger charge is 2.25. The number of pyridine rings is 1. The smallest absolute Gasteiger partial charge is 0.295 e. The van der Waals surface area contributed by atoms with Crippen molar-refractivity contribution in [2.45, 2.75) is 13.0 Å². The first-order valence-electron chi connectivity index (χ1n) is 7.80. The average molecular weight is 348 g/mol. The summed E-state index contributed by atoms with van der Waals surface area (Å²) in [4.78, 5) is 30.0. The molecular formula is C17H18ClN3O3. The van der Waals surface area contributed by atoms with Gasteiger partial charge in [0.2, 0.25) is 0 Å². The number of nitrogens with one attached hydrogen (secondary N) is 1. The standard InChI is InChI=1S/C17H18ClN3O3/c18-15-4-3-12(8-19-15)10-21-6-5-13(11-21)9-20-17(23)16(22)14-2-1-7-24-14/h1-4,7-8,13H,5-6,9-11H2,(H,20,23)/t13-/m1/s1. The highest BCUT2D eigenvalue weighted by molar-refractivity contribution is 6.42. The van der Waals surface area contributed by atoms with Gasteiger partial charge in [0.1, 0.15) is 5.15 Å². The van der Waals surface area contributed by atoms with Gasteiger partial charge in [0.05, 0.1) is 6.26 Å². The van der Waals surface area contributed by atoms with Crippen molar-refractivity contribution in [1.82, 2.24) is 15.2 Å². The van der Waals surface area contributed by atoms with Gasteiger partial charge in [0.15, 0.2) is 5.76 Å². The molecule has 1 atom stereocenters. The number of nitrogens with zero attached hydrogens (tertiary/aromatic N) is 2. The number of aromatic nitrogens is 1. The number of rotatable bonds is 6. The van der Waals surface area contributed by atoms with Crippen LogP contribution in [-0.2, 0) is 11.3 Å². The Bertz CT molecular complexity index is 700. The number of amides is 1. The van der Waals surface area contributed by atoms with Crippen molar-refractivity contribution in [3.05, 3.63) is 53.2 Å². The van der Waals surface area contributed by atoms with Crippen molar-refractivity contribution >= 4 is 23.3 Å². The van der Waals surface area contributed by atoms with Gasteiger partial charge in [-0.1, -0.05) is 17.7 Å². The van der Waals surface area contributed by atoms with E-state index in [-0.39, 0.29) is 5.76 Å². The molecule has 0 aromatic carbocycles. The maximum Gasteiger partial charge on any atom is 0.295 e. The Morgan fingerprint density at radius 2 is 2.25 bits per heavy atom. The van der Waals surface area contributed by atoms with Crippen molar-refractivity contribution in [3.8, 4) is 0 Å². The zero-order valence-corrected chi connectivity index (χ0v) is 13.8. The zero-order valence-electron chi connectivity index (χ0n) is 13.1. The lowest BCUT2D eigenvalue weighted by atomic mass is 10.1. The van der Waals surface area contributed by atoms with Gasteiger partial charge in [-0.3, -0.25) is 14.5 Å². The van der Waals surface area contributed by atoms with Crippen LogP contribution in [0.25, 0.3) is 0 Å². The normalized spacial score (nSPS) is 17.8. The lowest BCUT2D eigenvalue weighted by molar-refractivity contribution is -0.117. The summed E-state index contributed by atoms with van der Waals surface area (Å²) >= 11 is 5.79. The van der Waals surface area contributed by atoms with Crippen LogP contribution in [0, 0.1) is 5.92 Å². The van der Waals surface area contributed by atoms with E-state index in [9.17, 15) is 9.59 Å². The fraction of sp³-hybridized carbons (Fsp3) is 0.353. The molecule has 6 nitrogen and oxygen atoms in total. The maximum atomic E-state index is 11.8. The first-order chi connectivity index (χ1) is 11.6. The Morgan fingerprint density at radius 3 is 2.96 bits per heavy atom. The third-order valence-electron chi connectivity index (χ3n) is 4.07. The third kappa shape index (κ3) is 4.21. The monoisotopic (exact) mass is 347 g/mol. The summed E-state index contributed by atoms with van der Waals surface area (Å²) in [5.74, 6) is -0.859. The minimum Gasteiger partial charge on any atom is -0.461 e. The lowest BCUT2D eigenvalue weighted by Crippen LogP contribution is -2.35. The first-order valence-corrected chi connectivity index (χ1v) is 8.18. The molecule has 1 fully saturated rings. The number of ketones is 1. The largest absolute Gasteiger partial charge is 0.461 e. The molecular weight excluding hydrogens is 330 g/mol. The second kappa shape index (κ2) is 7.59. The van der Waals surface area contributed by atoms with Crippen molar-refractivity contribution in [1.29, 1.82) is 0 Å². The molecule has 1 amide bonds. The van der Waals surface area contributed by atoms with E-state index in [4.69, 9.17) is 16.0 Å². The van der Waals surface area contributed by atoms with Gasteiger partial charge in [-0.15, -0.1) is 0 Å². The highest BCUT2D eigenvalue weighted by Crippen LogP contribution is 2.18. The molecule has 3 rings (SSSR count). The minimum absolute atomic E-state index is 0.0655. The predicted octanol–water partition coefficient (Wildman–Crippen LogP) is 2.15. The van der Waals surface area contributed by atoms with Crippen LogP contribution in [0.4, 0.5) is 0 Å². The van der Waals surface area contributed by atoms with Crippen LogP contribution in [0.2, 0.25) is 5.15 Å². The SMILES string of the molecule is O=C(NC[C@H]1CCN(Cc2ccc(Cl)nc2)C1)C(=O)c1ccco1. The lowest BCUT2D eigenvalue weighted by Gasteiger charge is -2.16. The minimum atomic E-state index is -0.637. The second-order valence-electron chi connectivity index (χ2n) is 5.90. The molecule has 2 aromatic heterocycles. The van der Waals surface area contributed by atoms with Crippen molar-refractivity contribution in [3.63, 3.8) is 0 Å². The molecule has 126 valence electrons. The average Bonchev–Trinajstić information content (AvgIpc) is 3.26. The zero-order chi connectivity index (χ0) is 16.9. The van der Waals surface area contributed by atoms with E-state index in [0.29, 0.717) is 17.6 Å². The van der Waals surface area contributed by atoms with Crippen LogP contribution in [0.15, 0.2) is 41.1 Å². The molecule has 1 aliphatic heterocycles. The molecule has 1 aliphatic rings. The number of halogens is 1. The summed E-state index contributed by atoms with van der Waals surface area (Å²) in [5.41, 5.74) is 1.11. The Kier molecular flexibility index (Phi) is 5.27. The van der Waals surface area contributed by atoms with E-state index in [1.165, 1.54) is 12.3 Å². The Hall–Kier alpha value is -2.18. The molecule has 0 spiro atoms. The fourth-order valence-electron chi connectivity index (χ4n) is 2.82. The van der Waals surface area contributed by atoms with Gasteiger partial charge in [0, 0.05) is 25.8 Å². The van der Waals surface area contributed by atoms with Gasteiger partial charge in [-0.2, -0.15) is 0 Å². The van der Waals surface area contributed by atoms with Crippen molar-refractivity contribution < 1.29 is 14.0 Å². The van der Waals surface area contributed by atoms with E-state index < -0.39 is 11.7 Å². The highest BCUT2D eigenvalue weighted by atomic mass is 35.5. The number of furan rings is 1. The third-order valence-corrected chi connectivity index (χ3v) is 4.29. The summed E-state index contributed by atoms with van der Waals surface area (Å²) < 4.78 is 4.95. The van der Waals surface area contributed by atoms with E-state index >= 15 is 0 Å². The predicted molar refractivity (Wildman–Crippen MR) is 88.7 cm³/mol. The van der Waals surface area contributed by atoms with Crippen molar-refractivity contribution in [2.24, 2.45) is 5.92 Å². The second-order valence-corrected chi connectivity index (χ2v) is 6.28. The molecule has 1 N–H and O–H groups in total. The molecule has 0 radical (unpaired) electrons. The fourth-order valence-corrected chi connectivity index (χ4v) is 2.93. The topological polar surface area (TPSA) is 75.4 Å². The molecule has 24 heavy (non-hydrogen) atoms. The van der Waals surface area contributed by atoms with E-state index in [2.05, 4.69) is 15.2 Å². The van der Waals surface area contributed by atoms with Gasteiger partial charge in [-0.25, -0.2) is 4.98 Å². The molecule has 7 heteroatoms. The van der Waals surface area contributed by atoms with Crippen LogP contribution in [0.1, 0.15) is 22.5 Å². The summed E-state index contributed by atoms with van der Waals surface area (Å²) in [6, 6.07) is 6.82. The summed E-state index contributed by atoms with van der Waals surface area (Å²) in [6.07, 6.45) is 4.14. The van der Waals surface area contributed by atoms with Gasteiger partial charge < -0.3 is 9.73 Å². The van der Waals surface area contributed by atoms with E-state index in [1.54, 1.807) is 18.3 Å². The molecule has 2 aromatic rings. The van der Waals surface area contributed by atoms with E-state index in [1.807, 2.05) is 6.07 Å². The Morgan fingerprint density at radius 1 is 1.38 bits per heavy atom. The number of hydrogen-bond acceptors (Lipinski definition) is 5. The van der Waals surface area contributed by atoms with Crippen LogP contribution < -0.4 is 5.32 Å². The number of Topliss-reactive ketones (excluding diaryl/α,β-unsaturated/α-hetero) is 1. The first kappa shape index (κ1) is 16.7. The summed E-state index contributed by atoms with van der Waals surface area (Å²) in [5, 5.41) is 3.19. The van der Waals surface area contributed by atoms with Gasteiger partial charge in [-0.05, 0) is 42.6 Å². The summed E-state index contributed by atoms with van der Waals surface area (Å²) in [6.45, 7) is 3.12. The summed E-state index contributed by atoms with van der Waals surface area (Å²) in [7, 11) is 0. The van der Waals surface area contributed by atoms with Crippen LogP contribution in [-0.4, -0.2) is 41.2 Å². The van der Waals surface area contributed by atoms with E-state index in [0.717, 1.165) is 31.6 Å². The number of carbonyl (C=O) groups excluding carboxylic acids is 2. The van der Waals surface area contributed by atoms with Crippen molar-refractivity contribution in [2.75, 3.05) is 19.6 Å². The quantitative estimate of drug-likeness (QED) is 0.492. The molecule has 3 heterocycles. The Balaban J connectivity index is 1.43. The van der Waals surface area contributed by atoms with Crippen LogP contribution in [0.5, 0.6) is 0 Å². The maximum absolute atomic E-state index is 11.8. The number of likely N-dealkylation sites (tertiary alicyclic amines) is 1. The number of carbonyl (C=O) groups is 2. The van der Waals surface area contributed by atoms with Crippen LogP contribution >= 0.6 is 11.6 Å². The Labute approximate surface area is 144 Å². The molecule has 0 bridgehead atoms. The molecule has 1 saturated heterocycles. The molecule has 0 aliphatic carbocycles. The number of hydrogen-bond donors (Lipinski definition) is 1. The molecule has 0 unspecified atom stereocenters.